The molecule has 2 aliphatic rings. The molecule has 0 bridgehead atoms. The number of thioether (sulfide) groups is 1. The van der Waals surface area contributed by atoms with E-state index < -0.39 is 0 Å². The number of benzene rings is 1. The zero-order valence-corrected chi connectivity index (χ0v) is 16.9. The van der Waals surface area contributed by atoms with Crippen molar-refractivity contribution in [1.29, 1.82) is 0 Å². The molecule has 3 rings (SSSR count). The zero-order chi connectivity index (χ0) is 18.4. The van der Waals surface area contributed by atoms with Crippen LogP contribution >= 0.6 is 11.8 Å². The number of likely N-dealkylation sites (tertiary alicyclic amines) is 1. The van der Waals surface area contributed by atoms with Gasteiger partial charge in [0.15, 0.2) is 5.96 Å². The third-order valence-corrected chi connectivity index (χ3v) is 6.60. The topological polar surface area (TPSA) is 39.7 Å². The lowest BCUT2D eigenvalue weighted by Crippen LogP contribution is -2.50. The van der Waals surface area contributed by atoms with Crippen LogP contribution in [-0.4, -0.2) is 54.9 Å². The first-order chi connectivity index (χ1) is 12.6. The zero-order valence-electron chi connectivity index (χ0n) is 16.1. The minimum atomic E-state index is 0.337. The highest BCUT2D eigenvalue weighted by atomic mass is 32.2. The Balaban J connectivity index is 1.42. The predicted octanol–water partition coefficient (Wildman–Crippen LogP) is 3.52. The van der Waals surface area contributed by atoms with Gasteiger partial charge in [0.05, 0.1) is 0 Å². The van der Waals surface area contributed by atoms with Gasteiger partial charge in [0, 0.05) is 48.9 Å². The first-order valence-corrected chi connectivity index (χ1v) is 10.5. The van der Waals surface area contributed by atoms with E-state index in [0.717, 1.165) is 45.0 Å². The smallest absolute Gasteiger partial charge is 0.191 e. The van der Waals surface area contributed by atoms with Crippen LogP contribution in [0.25, 0.3) is 0 Å². The van der Waals surface area contributed by atoms with Crippen molar-refractivity contribution >= 4 is 17.7 Å². The lowest BCUT2D eigenvalue weighted by molar-refractivity contribution is 0.221. The molecule has 1 aliphatic heterocycles. The number of nitrogens with zero attached hydrogens (tertiary/aromatic N) is 2. The predicted molar refractivity (Wildman–Crippen MR) is 113 cm³/mol. The summed E-state index contributed by atoms with van der Waals surface area (Å²) in [6, 6.07) is 11.2. The van der Waals surface area contributed by atoms with E-state index in [0.29, 0.717) is 10.8 Å². The van der Waals surface area contributed by atoms with Gasteiger partial charge < -0.3 is 10.6 Å². The van der Waals surface area contributed by atoms with Gasteiger partial charge in [-0.25, -0.2) is 0 Å². The number of piperidine rings is 1. The first kappa shape index (κ1) is 19.3. The number of aliphatic imine (C=N–C) groups is 1. The fraction of sp³-hybridized carbons (Fsp3) is 0.571. The van der Waals surface area contributed by atoms with Crippen LogP contribution in [0.15, 0.2) is 52.4 Å². The minimum absolute atomic E-state index is 0.337. The van der Waals surface area contributed by atoms with Gasteiger partial charge in [-0.2, -0.15) is 0 Å². The summed E-state index contributed by atoms with van der Waals surface area (Å²) in [5, 5.41) is 7.20. The summed E-state index contributed by atoms with van der Waals surface area (Å²) >= 11 is 2.00. The third-order valence-electron chi connectivity index (χ3n) is 5.11. The molecule has 1 aliphatic carbocycles. The maximum atomic E-state index is 4.44. The fourth-order valence-electron chi connectivity index (χ4n) is 3.44. The van der Waals surface area contributed by atoms with E-state index in [-0.39, 0.29) is 0 Å². The summed E-state index contributed by atoms with van der Waals surface area (Å²) in [6.07, 6.45) is 4.88. The Morgan fingerprint density at radius 2 is 1.96 bits per heavy atom. The Hall–Kier alpha value is -1.46. The minimum Gasteiger partial charge on any atom is -0.355 e. The summed E-state index contributed by atoms with van der Waals surface area (Å²) in [7, 11) is 1.87. The Bertz CT molecular complexity index is 616. The number of nitrogens with one attached hydrogen (secondary N) is 2. The molecule has 0 radical (unpaired) electrons. The van der Waals surface area contributed by atoms with Gasteiger partial charge in [-0.15, -0.1) is 11.8 Å². The molecule has 2 fully saturated rings. The second kappa shape index (κ2) is 8.96. The molecule has 0 atom stereocenters. The molecule has 1 heterocycles. The van der Waals surface area contributed by atoms with Gasteiger partial charge in [0.25, 0.3) is 0 Å². The van der Waals surface area contributed by atoms with Crippen LogP contribution in [0.2, 0.25) is 0 Å². The van der Waals surface area contributed by atoms with Crippen molar-refractivity contribution in [3.8, 4) is 0 Å². The molecular formula is C21H32N4S. The Morgan fingerprint density at radius 3 is 2.54 bits per heavy atom. The number of hydrogen-bond donors (Lipinski definition) is 2. The molecule has 2 N–H and O–H groups in total. The van der Waals surface area contributed by atoms with Crippen molar-refractivity contribution in [3.05, 3.63) is 42.5 Å². The molecular weight excluding hydrogens is 340 g/mol. The van der Waals surface area contributed by atoms with Crippen molar-refractivity contribution in [2.45, 2.75) is 48.3 Å². The highest BCUT2D eigenvalue weighted by Crippen LogP contribution is 2.51. The normalized spacial score (nSPS) is 20.6. The molecule has 1 saturated carbocycles. The van der Waals surface area contributed by atoms with Crippen LogP contribution in [0.1, 0.15) is 32.6 Å². The second-order valence-corrected chi connectivity index (χ2v) is 9.22. The second-order valence-electron chi connectivity index (χ2n) is 7.68. The maximum absolute atomic E-state index is 4.44. The van der Waals surface area contributed by atoms with Gasteiger partial charge >= 0.3 is 0 Å². The standard InChI is InChI=1S/C21H32N4S/c1-17(2)15-25-13-9-18(10-14-25)24-20(22-3)23-16-21(11-12-21)26-19-7-5-4-6-8-19/h4-8,18H,1,9-16H2,2-3H3,(H2,22,23,24). The molecule has 1 saturated heterocycles. The Labute approximate surface area is 162 Å². The highest BCUT2D eigenvalue weighted by Gasteiger charge is 2.43. The summed E-state index contributed by atoms with van der Waals surface area (Å²) in [4.78, 5) is 8.30. The van der Waals surface area contributed by atoms with Crippen molar-refractivity contribution in [2.24, 2.45) is 4.99 Å². The molecule has 26 heavy (non-hydrogen) atoms. The number of guanidine groups is 1. The Morgan fingerprint density at radius 1 is 1.27 bits per heavy atom. The number of hydrogen-bond acceptors (Lipinski definition) is 3. The monoisotopic (exact) mass is 372 g/mol. The molecule has 142 valence electrons. The van der Waals surface area contributed by atoms with E-state index in [1.807, 2.05) is 18.8 Å². The van der Waals surface area contributed by atoms with E-state index in [9.17, 15) is 0 Å². The molecule has 5 heteroatoms. The van der Waals surface area contributed by atoms with Gasteiger partial charge in [-0.1, -0.05) is 30.4 Å². The summed E-state index contributed by atoms with van der Waals surface area (Å²) < 4.78 is 0.337. The van der Waals surface area contributed by atoms with Crippen LogP contribution in [0, 0.1) is 0 Å². The summed E-state index contributed by atoms with van der Waals surface area (Å²) in [5.74, 6) is 0.947. The molecule has 0 amide bonds. The van der Waals surface area contributed by atoms with E-state index in [1.165, 1.54) is 23.3 Å². The van der Waals surface area contributed by atoms with Gasteiger partial charge in [-0.05, 0) is 44.7 Å². The van der Waals surface area contributed by atoms with Crippen molar-refractivity contribution < 1.29 is 0 Å². The maximum Gasteiger partial charge on any atom is 0.191 e. The van der Waals surface area contributed by atoms with Crippen LogP contribution < -0.4 is 10.6 Å². The van der Waals surface area contributed by atoms with Crippen molar-refractivity contribution in [1.82, 2.24) is 15.5 Å². The van der Waals surface area contributed by atoms with E-state index in [1.54, 1.807) is 0 Å². The molecule has 4 nitrogen and oxygen atoms in total. The average molecular weight is 373 g/mol. The summed E-state index contributed by atoms with van der Waals surface area (Å²) in [5.41, 5.74) is 1.25. The van der Waals surface area contributed by atoms with Crippen LogP contribution in [0.3, 0.4) is 0 Å². The van der Waals surface area contributed by atoms with Crippen LogP contribution in [-0.2, 0) is 0 Å². The van der Waals surface area contributed by atoms with E-state index in [4.69, 9.17) is 0 Å². The Kier molecular flexibility index (Phi) is 6.65. The number of rotatable bonds is 7. The van der Waals surface area contributed by atoms with Gasteiger partial charge in [0.1, 0.15) is 0 Å². The van der Waals surface area contributed by atoms with Crippen molar-refractivity contribution in [2.75, 3.05) is 33.2 Å². The SMILES string of the molecule is C=C(C)CN1CCC(NC(=NC)NCC2(Sc3ccccc3)CC2)CC1. The van der Waals surface area contributed by atoms with Gasteiger partial charge in [0.2, 0.25) is 0 Å². The molecule has 1 aromatic carbocycles. The van der Waals surface area contributed by atoms with Crippen molar-refractivity contribution in [3.63, 3.8) is 0 Å². The quantitative estimate of drug-likeness (QED) is 0.436. The molecule has 0 spiro atoms. The fourth-order valence-corrected chi connectivity index (χ4v) is 4.69. The van der Waals surface area contributed by atoms with E-state index in [2.05, 4.69) is 64.4 Å². The van der Waals surface area contributed by atoms with Crippen LogP contribution in [0.4, 0.5) is 0 Å². The highest BCUT2D eigenvalue weighted by molar-refractivity contribution is 8.01. The van der Waals surface area contributed by atoms with Gasteiger partial charge in [-0.3, -0.25) is 9.89 Å². The van der Waals surface area contributed by atoms with Crippen LogP contribution in [0.5, 0.6) is 0 Å². The molecule has 0 unspecified atom stereocenters. The molecule has 0 aromatic heterocycles. The largest absolute Gasteiger partial charge is 0.355 e. The molecule has 1 aromatic rings. The summed E-state index contributed by atoms with van der Waals surface area (Å²) in [6.45, 7) is 10.4. The first-order valence-electron chi connectivity index (χ1n) is 9.66. The van der Waals surface area contributed by atoms with E-state index >= 15 is 0 Å². The average Bonchev–Trinajstić information content (AvgIpc) is 3.40. The lowest BCUT2D eigenvalue weighted by Gasteiger charge is -2.33. The third kappa shape index (κ3) is 5.78. The lowest BCUT2D eigenvalue weighted by atomic mass is 10.0.